The Morgan fingerprint density at radius 3 is 2.55 bits per heavy atom. The van der Waals surface area contributed by atoms with Crippen LogP contribution in [0.2, 0.25) is 0 Å². The second kappa shape index (κ2) is 10.3. The van der Waals surface area contributed by atoms with E-state index in [4.69, 9.17) is 4.98 Å². The van der Waals surface area contributed by atoms with Crippen LogP contribution in [0.5, 0.6) is 0 Å². The van der Waals surface area contributed by atoms with Gasteiger partial charge in [-0.15, -0.1) is 0 Å². The van der Waals surface area contributed by atoms with Crippen molar-refractivity contribution in [2.45, 2.75) is 58.8 Å². The smallest absolute Gasteiger partial charge is 0.254 e. The molecule has 1 amide bonds. The Hall–Kier alpha value is -3.64. The SMILES string of the molecule is Cc1cc(Nc2ncc3c(n2)CN([C@H]2CCN(C(=O)c4ccnc(NS(C)(=O)=O)c4)[C@H](C)C2)C3)cc(C)n1. The lowest BCUT2D eigenvalue weighted by Gasteiger charge is -2.41. The molecule has 2 N–H and O–H groups in total. The van der Waals surface area contributed by atoms with E-state index < -0.39 is 10.0 Å². The Bertz CT molecular complexity index is 1460. The summed E-state index contributed by atoms with van der Waals surface area (Å²) in [5.41, 5.74) is 5.37. The van der Waals surface area contributed by atoms with E-state index in [0.29, 0.717) is 24.1 Å². The number of carbonyl (C=O) groups is 1. The number of nitrogens with one attached hydrogen (secondary N) is 2. The predicted octanol–water partition coefficient (Wildman–Crippen LogP) is 3.01. The molecular weight excluding hydrogens is 504 g/mol. The first-order chi connectivity index (χ1) is 18.0. The number of nitrogens with zero attached hydrogens (tertiary/aromatic N) is 6. The number of pyridine rings is 2. The summed E-state index contributed by atoms with van der Waals surface area (Å²) in [6.07, 6.45) is 6.09. The number of aryl methyl sites for hydroxylation is 2. The number of carbonyl (C=O) groups excluding carboxylic acids is 1. The van der Waals surface area contributed by atoms with Crippen molar-refractivity contribution in [2.24, 2.45) is 0 Å². The van der Waals surface area contributed by atoms with Crippen molar-refractivity contribution in [1.29, 1.82) is 0 Å². The highest BCUT2D eigenvalue weighted by Crippen LogP contribution is 2.31. The van der Waals surface area contributed by atoms with Crippen LogP contribution < -0.4 is 10.0 Å². The van der Waals surface area contributed by atoms with E-state index in [1.807, 2.05) is 37.1 Å². The molecule has 2 atom stereocenters. The maximum atomic E-state index is 13.2. The summed E-state index contributed by atoms with van der Waals surface area (Å²) in [5.74, 6) is 0.592. The van der Waals surface area contributed by atoms with Gasteiger partial charge in [-0.1, -0.05) is 0 Å². The van der Waals surface area contributed by atoms with Crippen LogP contribution in [0.3, 0.4) is 0 Å². The quantitative estimate of drug-likeness (QED) is 0.488. The third-order valence-electron chi connectivity index (χ3n) is 6.94. The molecule has 0 aromatic carbocycles. The van der Waals surface area contributed by atoms with Gasteiger partial charge in [-0.2, -0.15) is 0 Å². The fraction of sp³-hybridized carbons (Fsp3) is 0.423. The van der Waals surface area contributed by atoms with Gasteiger partial charge in [0.15, 0.2) is 0 Å². The number of piperidine rings is 1. The summed E-state index contributed by atoms with van der Waals surface area (Å²) in [4.78, 5) is 35.3. The normalized spacial score (nSPS) is 19.7. The lowest BCUT2D eigenvalue weighted by Crippen LogP contribution is -2.50. The minimum absolute atomic E-state index is 0.0333. The summed E-state index contributed by atoms with van der Waals surface area (Å²) < 4.78 is 25.4. The zero-order valence-electron chi connectivity index (χ0n) is 22.0. The summed E-state index contributed by atoms with van der Waals surface area (Å²) in [5, 5.41) is 3.30. The number of amides is 1. The van der Waals surface area contributed by atoms with Crippen LogP contribution >= 0.6 is 0 Å². The van der Waals surface area contributed by atoms with Gasteiger partial charge in [-0.05, 0) is 57.9 Å². The summed E-state index contributed by atoms with van der Waals surface area (Å²) in [7, 11) is -3.48. The largest absolute Gasteiger partial charge is 0.336 e. The zero-order chi connectivity index (χ0) is 27.0. The van der Waals surface area contributed by atoms with Gasteiger partial charge in [0.1, 0.15) is 5.82 Å². The van der Waals surface area contributed by atoms with Crippen molar-refractivity contribution in [3.63, 3.8) is 0 Å². The molecule has 200 valence electrons. The van der Waals surface area contributed by atoms with Gasteiger partial charge >= 0.3 is 0 Å². The van der Waals surface area contributed by atoms with Gasteiger partial charge in [0, 0.05) is 72.3 Å². The first-order valence-electron chi connectivity index (χ1n) is 12.6. The average Bonchev–Trinajstić information content (AvgIpc) is 3.25. The van der Waals surface area contributed by atoms with E-state index in [0.717, 1.165) is 60.5 Å². The first-order valence-corrected chi connectivity index (χ1v) is 14.5. The number of hydrogen-bond acceptors (Lipinski definition) is 9. The van der Waals surface area contributed by atoms with Crippen molar-refractivity contribution in [2.75, 3.05) is 22.8 Å². The van der Waals surface area contributed by atoms with E-state index in [1.54, 1.807) is 6.07 Å². The molecule has 5 heterocycles. The second-order valence-electron chi connectivity index (χ2n) is 10.2. The number of sulfonamides is 1. The number of anilines is 3. The summed E-state index contributed by atoms with van der Waals surface area (Å²) >= 11 is 0. The Kier molecular flexibility index (Phi) is 7.01. The van der Waals surface area contributed by atoms with E-state index in [-0.39, 0.29) is 17.8 Å². The molecule has 11 nitrogen and oxygen atoms in total. The molecule has 3 aromatic rings. The molecule has 3 aromatic heterocycles. The Morgan fingerprint density at radius 2 is 1.84 bits per heavy atom. The third-order valence-corrected chi connectivity index (χ3v) is 7.52. The lowest BCUT2D eigenvalue weighted by atomic mass is 9.96. The number of fused-ring (bicyclic) bond motifs is 1. The van der Waals surface area contributed by atoms with Gasteiger partial charge in [0.2, 0.25) is 16.0 Å². The number of rotatable bonds is 6. The van der Waals surface area contributed by atoms with Crippen LogP contribution in [-0.4, -0.2) is 68.9 Å². The number of hydrogen-bond donors (Lipinski definition) is 2. The minimum atomic E-state index is -3.48. The molecule has 0 unspecified atom stereocenters. The summed E-state index contributed by atoms with van der Waals surface area (Å²) in [6.45, 7) is 8.14. The van der Waals surface area contributed by atoms with Crippen LogP contribution in [0.15, 0.2) is 36.7 Å². The van der Waals surface area contributed by atoms with Gasteiger partial charge in [0.25, 0.3) is 5.91 Å². The van der Waals surface area contributed by atoms with Gasteiger partial charge < -0.3 is 10.2 Å². The van der Waals surface area contributed by atoms with E-state index >= 15 is 0 Å². The standard InChI is InChI=1S/C26H32N8O3S/c1-16-9-21(10-17(2)29-16)30-26-28-13-20-14-33(15-23(20)31-26)22-6-8-34(18(3)11-22)25(35)19-5-7-27-24(12-19)32-38(4,36)37/h5,7,9-10,12-13,18,22H,6,8,11,14-15H2,1-4H3,(H,27,32)(H,28,29,30,31)/t18-,22+/m1/s1. The molecule has 0 radical (unpaired) electrons. The Labute approximate surface area is 222 Å². The van der Waals surface area contributed by atoms with Gasteiger partial charge in [-0.25, -0.2) is 23.4 Å². The van der Waals surface area contributed by atoms with Crippen molar-refractivity contribution in [3.05, 3.63) is 64.9 Å². The van der Waals surface area contributed by atoms with Crippen molar-refractivity contribution >= 4 is 33.4 Å². The maximum Gasteiger partial charge on any atom is 0.254 e. The molecule has 0 saturated carbocycles. The average molecular weight is 537 g/mol. The van der Waals surface area contributed by atoms with Crippen molar-refractivity contribution < 1.29 is 13.2 Å². The Balaban J connectivity index is 1.21. The van der Waals surface area contributed by atoms with Crippen LogP contribution in [0.25, 0.3) is 0 Å². The monoisotopic (exact) mass is 536 g/mol. The highest BCUT2D eigenvalue weighted by Gasteiger charge is 2.35. The fourth-order valence-electron chi connectivity index (χ4n) is 5.29. The molecule has 2 aliphatic heterocycles. The molecule has 5 rings (SSSR count). The minimum Gasteiger partial charge on any atom is -0.336 e. The van der Waals surface area contributed by atoms with E-state index in [2.05, 4.69) is 36.8 Å². The number of aromatic nitrogens is 4. The predicted molar refractivity (Wildman–Crippen MR) is 144 cm³/mol. The van der Waals surface area contributed by atoms with Crippen LogP contribution in [0, 0.1) is 13.8 Å². The molecule has 0 spiro atoms. The molecule has 0 aliphatic carbocycles. The van der Waals surface area contributed by atoms with Gasteiger partial charge in [0.05, 0.1) is 11.9 Å². The Morgan fingerprint density at radius 1 is 1.08 bits per heavy atom. The topological polar surface area (TPSA) is 133 Å². The maximum absolute atomic E-state index is 13.2. The van der Waals surface area contributed by atoms with E-state index in [1.165, 1.54) is 12.3 Å². The molecule has 1 fully saturated rings. The zero-order valence-corrected chi connectivity index (χ0v) is 22.8. The molecular formula is C26H32N8O3S. The van der Waals surface area contributed by atoms with E-state index in [9.17, 15) is 13.2 Å². The molecule has 12 heteroatoms. The van der Waals surface area contributed by atoms with Crippen LogP contribution in [-0.2, 0) is 23.1 Å². The van der Waals surface area contributed by atoms with Crippen LogP contribution in [0.1, 0.15) is 52.8 Å². The fourth-order valence-corrected chi connectivity index (χ4v) is 5.78. The third kappa shape index (κ3) is 5.91. The lowest BCUT2D eigenvalue weighted by molar-refractivity contribution is 0.0460. The van der Waals surface area contributed by atoms with Crippen molar-refractivity contribution in [3.8, 4) is 0 Å². The van der Waals surface area contributed by atoms with Gasteiger partial charge in [-0.3, -0.25) is 19.4 Å². The highest BCUT2D eigenvalue weighted by atomic mass is 32.2. The van der Waals surface area contributed by atoms with Crippen LogP contribution in [0.4, 0.5) is 17.5 Å². The van der Waals surface area contributed by atoms with Crippen molar-refractivity contribution in [1.82, 2.24) is 29.7 Å². The second-order valence-corrected chi connectivity index (χ2v) is 11.9. The molecule has 2 aliphatic rings. The number of likely N-dealkylation sites (tertiary alicyclic amines) is 1. The summed E-state index contributed by atoms with van der Waals surface area (Å²) in [6, 6.07) is 7.40. The molecule has 38 heavy (non-hydrogen) atoms. The highest BCUT2D eigenvalue weighted by molar-refractivity contribution is 7.92. The molecule has 0 bridgehead atoms. The molecule has 1 saturated heterocycles. The first kappa shape index (κ1) is 26.0.